The molecule has 0 amide bonds. The number of pyridine rings is 2. The molecule has 0 fully saturated rings. The van der Waals surface area contributed by atoms with Crippen LogP contribution in [0.15, 0.2) is 60.7 Å². The van der Waals surface area contributed by atoms with E-state index in [0.717, 1.165) is 11.1 Å². The minimum absolute atomic E-state index is 0. The van der Waals surface area contributed by atoms with Crippen molar-refractivity contribution >= 4 is 85.6 Å². The zero-order valence-electron chi connectivity index (χ0n) is 27.6. The zero-order chi connectivity index (χ0) is 38.0. The molecule has 4 rings (SSSR count). The summed E-state index contributed by atoms with van der Waals surface area (Å²) in [7, 11) is 1.61. The first-order valence-electron chi connectivity index (χ1n) is 14.0. The van der Waals surface area contributed by atoms with E-state index in [2.05, 4.69) is 30.6 Å². The number of carbonyl (C=O) groups is 2. The van der Waals surface area contributed by atoms with E-state index < -0.39 is 47.0 Å². The van der Waals surface area contributed by atoms with Crippen molar-refractivity contribution in [1.82, 2.24) is 9.97 Å². The molecule has 0 spiro atoms. The Hall–Kier alpha value is -2.05. The van der Waals surface area contributed by atoms with Crippen molar-refractivity contribution in [2.75, 3.05) is 32.8 Å². The van der Waals surface area contributed by atoms with Gasteiger partial charge in [0.15, 0.2) is 0 Å². The van der Waals surface area contributed by atoms with Crippen LogP contribution in [-0.2, 0) is 31.9 Å². The zero-order valence-corrected chi connectivity index (χ0v) is 34.3. The first kappa shape index (κ1) is 46.0. The number of aromatic nitrogens is 2. The minimum atomic E-state index is -1.10. The van der Waals surface area contributed by atoms with E-state index >= 15 is 0 Å². The molecule has 0 saturated heterocycles. The Morgan fingerprint density at radius 1 is 0.820 bits per heavy atom. The number of nitrogens with zero attached hydrogens (tertiary/aromatic N) is 2. The molecule has 10 nitrogen and oxygen atoms in total. The van der Waals surface area contributed by atoms with E-state index in [9.17, 15) is 27.9 Å². The smallest absolute Gasteiger partial charge is 0.857 e. The molecule has 0 saturated carbocycles. The predicted molar refractivity (Wildman–Crippen MR) is 185 cm³/mol. The van der Waals surface area contributed by atoms with Crippen LogP contribution < -0.4 is 72.7 Å². The molecule has 2 unspecified atom stereocenters. The van der Waals surface area contributed by atoms with E-state index in [1.54, 1.807) is 0 Å². The van der Waals surface area contributed by atoms with Crippen LogP contribution in [0.5, 0.6) is 11.8 Å². The second-order valence-electron chi connectivity index (χ2n) is 9.00. The van der Waals surface area contributed by atoms with Gasteiger partial charge in [-0.15, -0.1) is 0 Å². The van der Waals surface area contributed by atoms with Gasteiger partial charge in [0.05, 0.1) is 39.1 Å². The summed E-state index contributed by atoms with van der Waals surface area (Å²) in [4.78, 5) is 29.1. The largest absolute Gasteiger partial charge is 1.00 e. The van der Waals surface area contributed by atoms with E-state index in [1.165, 1.54) is 14.2 Å². The number of methoxy groups -OCH3 is 2. The molecule has 2 heterocycles. The van der Waals surface area contributed by atoms with E-state index in [1.807, 2.05) is 60.7 Å². The summed E-state index contributed by atoms with van der Waals surface area (Å²) in [6, 6.07) is 18.9. The number of hydrogen-bond acceptors (Lipinski definition) is 10. The quantitative estimate of drug-likeness (QED) is 0.114. The van der Waals surface area contributed by atoms with Gasteiger partial charge < -0.3 is 30.8 Å². The Morgan fingerprint density at radius 3 is 1.70 bits per heavy atom. The third-order valence-electron chi connectivity index (χ3n) is 5.78. The molecule has 0 aliphatic carbocycles. The second-order valence-corrected chi connectivity index (χ2v) is 11.6. The van der Waals surface area contributed by atoms with Gasteiger partial charge in [0.1, 0.15) is 19.9 Å². The molecule has 50 heavy (non-hydrogen) atoms. The molecule has 2 atom stereocenters. The van der Waals surface area contributed by atoms with Crippen LogP contribution in [0, 0.1) is 11.9 Å². The predicted octanol–water partition coefficient (Wildman–Crippen LogP) is 4.21. The summed E-state index contributed by atoms with van der Waals surface area (Å²) in [5.41, 5.74) is 12.2. The van der Waals surface area contributed by atoms with Crippen molar-refractivity contribution in [2.24, 2.45) is 0 Å². The van der Waals surface area contributed by atoms with E-state index in [0.29, 0.717) is 6.42 Å². The van der Waals surface area contributed by atoms with Crippen molar-refractivity contribution < 1.29 is 94.8 Å². The van der Waals surface area contributed by atoms with Crippen molar-refractivity contribution in [2.45, 2.75) is 23.8 Å². The molecule has 0 aliphatic rings. The van der Waals surface area contributed by atoms with Crippen molar-refractivity contribution in [3.8, 4) is 11.8 Å². The third-order valence-corrected chi connectivity index (χ3v) is 7.93. The number of rotatable bonds is 8. The number of benzene rings is 2. The van der Waals surface area contributed by atoms with Gasteiger partial charge in [-0.25, -0.2) is 9.78 Å². The number of carbonyl (C=O) groups excluding carboxylic acids is 2. The van der Waals surface area contributed by atoms with Crippen LogP contribution in [0.25, 0.3) is 0 Å². The molecule has 2 aromatic carbocycles. The van der Waals surface area contributed by atoms with Gasteiger partial charge in [0, 0.05) is 12.3 Å². The van der Waals surface area contributed by atoms with Gasteiger partial charge in [-0.05, 0) is 17.5 Å². The van der Waals surface area contributed by atoms with Gasteiger partial charge >= 0.3 is 63.3 Å². The number of ether oxygens (including phenoxy) is 3. The first-order chi connectivity index (χ1) is 23.6. The summed E-state index contributed by atoms with van der Waals surface area (Å²) in [5.74, 6) is -4.25. The van der Waals surface area contributed by atoms with Gasteiger partial charge in [-0.2, -0.15) is 13.8 Å². The van der Waals surface area contributed by atoms with Crippen LogP contribution in [0.1, 0.15) is 12.5 Å². The summed E-state index contributed by atoms with van der Waals surface area (Å²) < 4.78 is 56.3. The van der Waals surface area contributed by atoms with Gasteiger partial charge in [-0.3, -0.25) is 9.18 Å². The van der Waals surface area contributed by atoms with Gasteiger partial charge in [-0.1, -0.05) is 123 Å². The van der Waals surface area contributed by atoms with Crippen LogP contribution in [0.4, 0.5) is 24.5 Å². The fraction of sp³-hybridized carbons (Fsp3) is 0.226. The van der Waals surface area contributed by atoms with Crippen molar-refractivity contribution in [3.05, 3.63) is 104 Å². The summed E-state index contributed by atoms with van der Waals surface area (Å²) in [6.45, 7) is 0. The normalized spacial score (nSPS) is 11.2. The fourth-order valence-corrected chi connectivity index (χ4v) is 4.65. The summed E-state index contributed by atoms with van der Waals surface area (Å²) >= 11 is 25.4. The maximum absolute atomic E-state index is 13.6. The maximum atomic E-state index is 13.6. The molecule has 4 aromatic rings. The average molecular weight is 872 g/mol. The van der Waals surface area contributed by atoms with Crippen molar-refractivity contribution in [3.63, 3.8) is 0 Å². The number of nitrogens with two attached hydrogens (primary N) is 2. The maximum Gasteiger partial charge on any atom is 1.00 e. The summed E-state index contributed by atoms with van der Waals surface area (Å²) in [5, 5.41) is 9.25. The Labute approximate surface area is 358 Å². The second kappa shape index (κ2) is 25.0. The van der Waals surface area contributed by atoms with Crippen molar-refractivity contribution in [1.29, 1.82) is 0 Å². The fourth-order valence-electron chi connectivity index (χ4n) is 3.40. The molecular weight excluding hydrogens is 842 g/mol. The first-order valence-corrected chi connectivity index (χ1v) is 15.7. The molecular formula is C31H29BrCl4F3KN4O6. The Bertz CT molecular complexity index is 1670. The molecule has 0 bridgehead atoms. The van der Waals surface area contributed by atoms with E-state index in [4.69, 9.17) is 68.7 Å². The van der Waals surface area contributed by atoms with Crippen LogP contribution in [0.2, 0.25) is 20.1 Å². The number of nitrogen functional groups attached to an aromatic ring is 2. The van der Waals surface area contributed by atoms with Gasteiger partial charge in [0.25, 0.3) is 0 Å². The van der Waals surface area contributed by atoms with E-state index in [-0.39, 0.29) is 95.9 Å². The Balaban J connectivity index is 0.000000758. The summed E-state index contributed by atoms with van der Waals surface area (Å²) in [6.07, 6.45) is -0.212. The standard InChI is InChI=1S/C15H13Cl2FN2O3.C10H11BrO2.C5H3Cl2FN2O.CH3F.K/c1-22-15(21)9(7-8-5-3-2-4-6-8)23-14-11(17)12(19)10(16)13(18)20-14;1-13-10(12)9(11)7-8-5-3-2-4-6-8;6-1-3(9)2(7)5(11)10-4(1)8;1-2;/h2-6,9H,7H2,1H3,(H2,19,20);2-6,9H,7H2,1H3;(H3,9,10,11);1H3;/q;;;;+1/p-1/i;;;1D;. The van der Waals surface area contributed by atoms with Crippen LogP contribution in [0.3, 0.4) is 0 Å². The topological polar surface area (TPSA) is 163 Å². The SMILES string of the molecule is COC(=O)C(Br)Cc1ccccc1.COC(=O)C(Cc1ccccc1)Oc1nc(F)c(Cl)c(N)c1Cl.Nc1c(Cl)c([O-])nc(F)c1Cl.[2H]CF.[K+]. The molecule has 4 N–H and O–H groups in total. The number of hydrogen-bond donors (Lipinski definition) is 2. The molecule has 0 radical (unpaired) electrons. The molecule has 0 aliphatic heterocycles. The number of halogens is 8. The average Bonchev–Trinajstić information content (AvgIpc) is 3.11. The number of esters is 2. The number of alkyl halides is 2. The molecule has 2 aromatic heterocycles. The van der Waals surface area contributed by atoms with Crippen LogP contribution >= 0.6 is 62.3 Å². The number of anilines is 2. The monoisotopic (exact) mass is 869 g/mol. The molecule has 19 heteroatoms. The Kier molecular flexibility index (Phi) is 23.0. The van der Waals surface area contributed by atoms with Gasteiger partial charge in [0.2, 0.25) is 23.9 Å². The third kappa shape index (κ3) is 15.3. The minimum Gasteiger partial charge on any atom is -0.857 e. The van der Waals surface area contributed by atoms with Crippen LogP contribution in [-0.4, -0.2) is 54.2 Å². The Morgan fingerprint density at radius 2 is 1.24 bits per heavy atom. The molecule has 266 valence electrons.